The fourth-order valence-electron chi connectivity index (χ4n) is 2.05. The van der Waals surface area contributed by atoms with Crippen molar-refractivity contribution in [2.45, 2.75) is 26.4 Å². The topological polar surface area (TPSA) is 25.2 Å². The Hall–Kier alpha value is -1.06. The summed E-state index contributed by atoms with van der Waals surface area (Å²) in [6, 6.07) is 12.8. The van der Waals surface area contributed by atoms with Crippen molar-refractivity contribution in [2.24, 2.45) is 5.92 Å². The minimum absolute atomic E-state index is 0.336. The average Bonchev–Trinajstić information content (AvgIpc) is 2.76. The van der Waals surface area contributed by atoms with E-state index in [1.165, 1.54) is 5.56 Å². The quantitative estimate of drug-likeness (QED) is 0.878. The Labute approximate surface area is 117 Å². The molecule has 0 amide bonds. The van der Waals surface area contributed by atoms with Gasteiger partial charge in [0.25, 0.3) is 0 Å². The summed E-state index contributed by atoms with van der Waals surface area (Å²) in [5.41, 5.74) is 1.31. The van der Waals surface area contributed by atoms with Crippen molar-refractivity contribution in [3.05, 3.63) is 58.5 Å². The molecule has 1 heterocycles. The predicted octanol–water partition coefficient (Wildman–Crippen LogP) is 4.53. The van der Waals surface area contributed by atoms with Gasteiger partial charge in [-0.1, -0.05) is 44.2 Å². The molecule has 1 N–H and O–H groups in total. The van der Waals surface area contributed by atoms with Gasteiger partial charge in [-0.05, 0) is 33.5 Å². The van der Waals surface area contributed by atoms with Crippen LogP contribution in [0.15, 0.2) is 51.6 Å². The van der Waals surface area contributed by atoms with Crippen LogP contribution in [0.25, 0.3) is 0 Å². The molecule has 1 atom stereocenters. The van der Waals surface area contributed by atoms with E-state index in [1.807, 2.05) is 12.1 Å². The Morgan fingerprint density at radius 2 is 1.89 bits per heavy atom. The van der Waals surface area contributed by atoms with Crippen molar-refractivity contribution >= 4 is 15.9 Å². The van der Waals surface area contributed by atoms with Gasteiger partial charge in [0.2, 0.25) is 0 Å². The largest absolute Gasteiger partial charge is 0.467 e. The highest BCUT2D eigenvalue weighted by molar-refractivity contribution is 9.10. The van der Waals surface area contributed by atoms with Crippen LogP contribution in [-0.4, -0.2) is 0 Å². The smallest absolute Gasteiger partial charge is 0.131 e. The molecular weight excluding hydrogens is 290 g/mol. The van der Waals surface area contributed by atoms with Crippen LogP contribution >= 0.6 is 15.9 Å². The number of hydrogen-bond acceptors (Lipinski definition) is 2. The molecule has 2 aromatic rings. The van der Waals surface area contributed by atoms with Crippen molar-refractivity contribution in [3.8, 4) is 0 Å². The van der Waals surface area contributed by atoms with Crippen molar-refractivity contribution in [1.29, 1.82) is 0 Å². The molecule has 0 aliphatic carbocycles. The Balaban J connectivity index is 2.06. The lowest BCUT2D eigenvalue weighted by Crippen LogP contribution is -2.25. The van der Waals surface area contributed by atoms with Gasteiger partial charge in [-0.15, -0.1) is 0 Å². The van der Waals surface area contributed by atoms with Gasteiger partial charge in [-0.25, -0.2) is 0 Å². The number of rotatable bonds is 5. The molecule has 1 unspecified atom stereocenters. The summed E-state index contributed by atoms with van der Waals surface area (Å²) in [4.78, 5) is 0. The van der Waals surface area contributed by atoms with Gasteiger partial charge in [-0.2, -0.15) is 0 Å². The van der Waals surface area contributed by atoms with Gasteiger partial charge in [0.15, 0.2) is 0 Å². The molecule has 96 valence electrons. The molecule has 0 fully saturated rings. The Morgan fingerprint density at radius 1 is 1.17 bits per heavy atom. The molecule has 0 saturated heterocycles. The van der Waals surface area contributed by atoms with Crippen molar-refractivity contribution in [2.75, 3.05) is 0 Å². The predicted molar refractivity (Wildman–Crippen MR) is 77.3 cm³/mol. The third-order valence-electron chi connectivity index (χ3n) is 3.00. The van der Waals surface area contributed by atoms with Crippen LogP contribution in [0.5, 0.6) is 0 Å². The van der Waals surface area contributed by atoms with Gasteiger partial charge in [0.05, 0.1) is 17.3 Å². The molecule has 0 radical (unpaired) electrons. The van der Waals surface area contributed by atoms with E-state index in [1.54, 1.807) is 6.26 Å². The summed E-state index contributed by atoms with van der Waals surface area (Å²) in [7, 11) is 0. The normalized spacial score (nSPS) is 12.9. The Kier molecular flexibility index (Phi) is 4.61. The van der Waals surface area contributed by atoms with Crippen LogP contribution in [0.1, 0.15) is 31.2 Å². The summed E-state index contributed by atoms with van der Waals surface area (Å²) in [5.74, 6) is 1.47. The summed E-state index contributed by atoms with van der Waals surface area (Å²) in [6.45, 7) is 5.18. The molecule has 1 aromatic carbocycles. The minimum atomic E-state index is 0.336. The van der Waals surface area contributed by atoms with E-state index in [0.29, 0.717) is 12.0 Å². The van der Waals surface area contributed by atoms with Gasteiger partial charge in [-0.3, -0.25) is 0 Å². The van der Waals surface area contributed by atoms with E-state index in [4.69, 9.17) is 4.42 Å². The summed E-state index contributed by atoms with van der Waals surface area (Å²) < 4.78 is 6.44. The second kappa shape index (κ2) is 6.21. The zero-order valence-corrected chi connectivity index (χ0v) is 12.3. The van der Waals surface area contributed by atoms with E-state index in [2.05, 4.69) is 59.4 Å². The monoisotopic (exact) mass is 307 g/mol. The standard InChI is InChI=1S/C15H18BrNO/c1-11(2)15(12-6-4-3-5-7-12)17-10-14-13(16)8-9-18-14/h3-9,11,15,17H,10H2,1-2H3. The molecule has 0 bridgehead atoms. The van der Waals surface area contributed by atoms with E-state index in [0.717, 1.165) is 16.8 Å². The molecule has 0 saturated carbocycles. The maximum atomic E-state index is 5.42. The fourth-order valence-corrected chi connectivity index (χ4v) is 2.39. The average molecular weight is 308 g/mol. The lowest BCUT2D eigenvalue weighted by molar-refractivity contribution is 0.383. The van der Waals surface area contributed by atoms with Gasteiger partial charge < -0.3 is 9.73 Å². The second-order valence-corrected chi connectivity index (χ2v) is 5.56. The van der Waals surface area contributed by atoms with Crippen LogP contribution in [0, 0.1) is 5.92 Å². The molecule has 1 aromatic heterocycles. The number of nitrogens with one attached hydrogen (secondary N) is 1. The molecule has 0 aliphatic rings. The molecule has 18 heavy (non-hydrogen) atoms. The highest BCUT2D eigenvalue weighted by atomic mass is 79.9. The SMILES string of the molecule is CC(C)C(NCc1occc1Br)c1ccccc1. The molecular formula is C15H18BrNO. The highest BCUT2D eigenvalue weighted by Crippen LogP contribution is 2.23. The first-order chi connectivity index (χ1) is 8.68. The molecule has 2 nitrogen and oxygen atoms in total. The van der Waals surface area contributed by atoms with Crippen LogP contribution in [-0.2, 0) is 6.54 Å². The van der Waals surface area contributed by atoms with Crippen molar-refractivity contribution < 1.29 is 4.42 Å². The zero-order chi connectivity index (χ0) is 13.0. The second-order valence-electron chi connectivity index (χ2n) is 4.70. The molecule has 0 aliphatic heterocycles. The van der Waals surface area contributed by atoms with Crippen LogP contribution in [0.2, 0.25) is 0 Å². The summed E-state index contributed by atoms with van der Waals surface area (Å²) in [5, 5.41) is 3.55. The van der Waals surface area contributed by atoms with E-state index in [9.17, 15) is 0 Å². The number of furan rings is 1. The Bertz CT molecular complexity index is 478. The van der Waals surface area contributed by atoms with Gasteiger partial charge in [0, 0.05) is 6.04 Å². The van der Waals surface area contributed by atoms with Crippen LogP contribution < -0.4 is 5.32 Å². The first kappa shape index (κ1) is 13.4. The maximum Gasteiger partial charge on any atom is 0.131 e. The third-order valence-corrected chi connectivity index (χ3v) is 3.71. The lowest BCUT2D eigenvalue weighted by Gasteiger charge is -2.22. The Morgan fingerprint density at radius 3 is 2.44 bits per heavy atom. The zero-order valence-electron chi connectivity index (χ0n) is 10.7. The minimum Gasteiger partial charge on any atom is -0.467 e. The fraction of sp³-hybridized carbons (Fsp3) is 0.333. The van der Waals surface area contributed by atoms with E-state index in [-0.39, 0.29) is 0 Å². The van der Waals surface area contributed by atoms with Gasteiger partial charge in [0.1, 0.15) is 5.76 Å². The number of hydrogen-bond donors (Lipinski definition) is 1. The van der Waals surface area contributed by atoms with Crippen LogP contribution in [0.3, 0.4) is 0 Å². The van der Waals surface area contributed by atoms with Crippen LogP contribution in [0.4, 0.5) is 0 Å². The van der Waals surface area contributed by atoms with Gasteiger partial charge >= 0.3 is 0 Å². The molecule has 3 heteroatoms. The number of halogens is 1. The van der Waals surface area contributed by atoms with E-state index >= 15 is 0 Å². The van der Waals surface area contributed by atoms with E-state index < -0.39 is 0 Å². The maximum absolute atomic E-state index is 5.42. The first-order valence-electron chi connectivity index (χ1n) is 6.18. The van der Waals surface area contributed by atoms with Crippen molar-refractivity contribution in [1.82, 2.24) is 5.32 Å². The molecule has 2 rings (SSSR count). The number of benzene rings is 1. The first-order valence-corrected chi connectivity index (χ1v) is 6.98. The van der Waals surface area contributed by atoms with Crippen molar-refractivity contribution in [3.63, 3.8) is 0 Å². The lowest BCUT2D eigenvalue weighted by atomic mass is 9.96. The third kappa shape index (κ3) is 3.24. The summed E-state index contributed by atoms with van der Waals surface area (Å²) in [6.07, 6.45) is 1.70. The highest BCUT2D eigenvalue weighted by Gasteiger charge is 2.15. The molecule has 0 spiro atoms. The summed E-state index contributed by atoms with van der Waals surface area (Å²) >= 11 is 3.48.